The first-order valence-electron chi connectivity index (χ1n) is 10.6. The van der Waals surface area contributed by atoms with Crippen LogP contribution in [0.3, 0.4) is 0 Å². The van der Waals surface area contributed by atoms with E-state index in [9.17, 15) is 18.0 Å². The summed E-state index contributed by atoms with van der Waals surface area (Å²) in [7, 11) is -3.64. The molecule has 1 saturated heterocycles. The zero-order valence-corrected chi connectivity index (χ0v) is 19.7. The molecule has 0 atom stereocenters. The Morgan fingerprint density at radius 1 is 0.938 bits per heavy atom. The van der Waals surface area contributed by atoms with Gasteiger partial charge in [-0.3, -0.25) is 4.79 Å². The number of carbonyl (C=O) groups is 2. The number of hydrogen-bond donors (Lipinski definition) is 3. The highest BCUT2D eigenvalue weighted by Gasteiger charge is 2.34. The smallest absolute Gasteiger partial charge is 0.316 e. The second-order valence-corrected chi connectivity index (χ2v) is 10.2. The third kappa shape index (κ3) is 4.94. The normalized spacial score (nSPS) is 15.4. The van der Waals surface area contributed by atoms with Crippen molar-refractivity contribution >= 4 is 33.3 Å². The largest absolute Gasteiger partial charge is 0.351 e. The number of rotatable bonds is 5. The monoisotopic (exact) mass is 458 g/mol. The van der Waals surface area contributed by atoms with E-state index in [1.54, 1.807) is 24.3 Å². The number of carbonyl (C=O) groups excluding carboxylic acids is 2. The SMILES string of the molecule is Cc1cc(C)c(C)c(S(=O)(=O)N2CCC(C(=O)Nc3cccc(NC(N)=O)c3)CC2)c1C. The summed E-state index contributed by atoms with van der Waals surface area (Å²) >= 11 is 0. The first-order chi connectivity index (χ1) is 15.0. The molecule has 0 spiro atoms. The summed E-state index contributed by atoms with van der Waals surface area (Å²) in [5.41, 5.74) is 9.60. The van der Waals surface area contributed by atoms with Gasteiger partial charge in [0.1, 0.15) is 0 Å². The number of amides is 3. The van der Waals surface area contributed by atoms with E-state index in [0.717, 1.165) is 22.3 Å². The molecule has 0 aliphatic carbocycles. The minimum absolute atomic E-state index is 0.169. The number of nitrogens with one attached hydrogen (secondary N) is 2. The van der Waals surface area contributed by atoms with Gasteiger partial charge in [0.05, 0.1) is 4.90 Å². The van der Waals surface area contributed by atoms with Crippen LogP contribution in [0.25, 0.3) is 0 Å². The lowest BCUT2D eigenvalue weighted by Gasteiger charge is -2.31. The topological polar surface area (TPSA) is 122 Å². The molecule has 8 nitrogen and oxygen atoms in total. The number of piperidine rings is 1. The molecule has 0 radical (unpaired) electrons. The van der Waals surface area contributed by atoms with E-state index < -0.39 is 16.1 Å². The standard InChI is InChI=1S/C23H30N4O4S/c1-14-12-15(2)17(4)21(16(14)3)32(30,31)27-10-8-18(9-11-27)22(28)25-19-6-5-7-20(13-19)26-23(24)29/h5-7,12-13,18H,8-11H2,1-4H3,(H,25,28)(H3,24,26,29). The third-order valence-corrected chi connectivity index (χ3v) is 8.29. The van der Waals surface area contributed by atoms with Gasteiger partial charge >= 0.3 is 6.03 Å². The van der Waals surface area contributed by atoms with E-state index in [1.165, 1.54) is 4.31 Å². The Labute approximate surface area is 189 Å². The summed E-state index contributed by atoms with van der Waals surface area (Å²) in [4.78, 5) is 24.1. The van der Waals surface area contributed by atoms with Crippen LogP contribution >= 0.6 is 0 Å². The maximum atomic E-state index is 13.4. The van der Waals surface area contributed by atoms with E-state index in [1.807, 2.05) is 33.8 Å². The third-order valence-electron chi connectivity index (χ3n) is 6.12. The summed E-state index contributed by atoms with van der Waals surface area (Å²) in [5.74, 6) is -0.465. The number of hydrogen-bond acceptors (Lipinski definition) is 4. The van der Waals surface area contributed by atoms with Crippen molar-refractivity contribution in [2.75, 3.05) is 23.7 Å². The lowest BCUT2D eigenvalue weighted by molar-refractivity contribution is -0.120. The van der Waals surface area contributed by atoms with Crippen molar-refractivity contribution in [3.05, 3.63) is 52.6 Å². The molecule has 2 aromatic carbocycles. The molecule has 0 bridgehead atoms. The molecule has 3 rings (SSSR count). The molecule has 0 saturated carbocycles. The number of primary amides is 1. The molecule has 32 heavy (non-hydrogen) atoms. The van der Waals surface area contributed by atoms with Crippen molar-refractivity contribution in [2.45, 2.75) is 45.4 Å². The zero-order valence-electron chi connectivity index (χ0n) is 18.9. The number of anilines is 2. The first kappa shape index (κ1) is 23.7. The number of urea groups is 1. The minimum atomic E-state index is -3.64. The van der Waals surface area contributed by atoms with Crippen LogP contribution in [0.1, 0.15) is 35.1 Å². The maximum Gasteiger partial charge on any atom is 0.316 e. The van der Waals surface area contributed by atoms with Crippen LogP contribution in [0, 0.1) is 33.6 Å². The summed E-state index contributed by atoms with van der Waals surface area (Å²) < 4.78 is 28.3. The lowest BCUT2D eigenvalue weighted by Crippen LogP contribution is -2.41. The fraction of sp³-hybridized carbons (Fsp3) is 0.391. The molecule has 4 N–H and O–H groups in total. The Morgan fingerprint density at radius 3 is 2.00 bits per heavy atom. The molecule has 9 heteroatoms. The van der Waals surface area contributed by atoms with Crippen LogP contribution in [0.2, 0.25) is 0 Å². The van der Waals surface area contributed by atoms with E-state index in [-0.39, 0.29) is 24.9 Å². The summed E-state index contributed by atoms with van der Waals surface area (Å²) in [5, 5.41) is 5.31. The van der Waals surface area contributed by atoms with Crippen molar-refractivity contribution in [1.82, 2.24) is 4.31 Å². The quantitative estimate of drug-likeness (QED) is 0.635. The Morgan fingerprint density at radius 2 is 1.47 bits per heavy atom. The molecule has 172 valence electrons. The van der Waals surface area contributed by atoms with Gasteiger partial charge < -0.3 is 16.4 Å². The Kier molecular flexibility index (Phi) is 6.90. The predicted octanol–water partition coefficient (Wildman–Crippen LogP) is 3.45. The molecule has 1 fully saturated rings. The second kappa shape index (κ2) is 9.30. The second-order valence-electron chi connectivity index (χ2n) is 8.33. The molecule has 0 aromatic heterocycles. The summed E-state index contributed by atoms with van der Waals surface area (Å²) in [6.07, 6.45) is 0.875. The average Bonchev–Trinajstić information content (AvgIpc) is 2.72. The van der Waals surface area contributed by atoms with Crippen molar-refractivity contribution in [3.63, 3.8) is 0 Å². The molecule has 2 aromatic rings. The average molecular weight is 459 g/mol. The van der Waals surface area contributed by atoms with Gasteiger partial charge in [0.15, 0.2) is 0 Å². The minimum Gasteiger partial charge on any atom is -0.351 e. The zero-order chi connectivity index (χ0) is 23.6. The van der Waals surface area contributed by atoms with Crippen LogP contribution in [0.15, 0.2) is 35.2 Å². The lowest BCUT2D eigenvalue weighted by atomic mass is 9.97. The van der Waals surface area contributed by atoms with Crippen LogP contribution in [-0.4, -0.2) is 37.8 Å². The summed E-state index contributed by atoms with van der Waals surface area (Å²) in [6, 6.07) is 8.03. The van der Waals surface area contributed by atoms with Gasteiger partial charge in [-0.05, 0) is 81.0 Å². The maximum absolute atomic E-state index is 13.4. The Balaban J connectivity index is 1.69. The predicted molar refractivity (Wildman–Crippen MR) is 125 cm³/mol. The van der Waals surface area contributed by atoms with Crippen LogP contribution < -0.4 is 16.4 Å². The van der Waals surface area contributed by atoms with Crippen molar-refractivity contribution < 1.29 is 18.0 Å². The van der Waals surface area contributed by atoms with Crippen molar-refractivity contribution in [3.8, 4) is 0 Å². The highest BCUT2D eigenvalue weighted by Crippen LogP contribution is 2.31. The van der Waals surface area contributed by atoms with Gasteiger partial charge in [-0.1, -0.05) is 12.1 Å². The van der Waals surface area contributed by atoms with Crippen LogP contribution in [0.4, 0.5) is 16.2 Å². The van der Waals surface area contributed by atoms with E-state index in [4.69, 9.17) is 5.73 Å². The van der Waals surface area contributed by atoms with Crippen molar-refractivity contribution in [2.24, 2.45) is 11.7 Å². The molecular weight excluding hydrogens is 428 g/mol. The Bertz CT molecular complexity index is 1130. The van der Waals surface area contributed by atoms with E-state index in [2.05, 4.69) is 10.6 Å². The van der Waals surface area contributed by atoms with Crippen molar-refractivity contribution in [1.29, 1.82) is 0 Å². The van der Waals surface area contributed by atoms with E-state index in [0.29, 0.717) is 29.1 Å². The summed E-state index contributed by atoms with van der Waals surface area (Å²) in [6.45, 7) is 8.11. The molecule has 0 unspecified atom stereocenters. The van der Waals surface area contributed by atoms with Gasteiger partial charge in [0.2, 0.25) is 15.9 Å². The van der Waals surface area contributed by atoms with Crippen LogP contribution in [-0.2, 0) is 14.8 Å². The fourth-order valence-corrected chi connectivity index (χ4v) is 6.16. The number of nitrogens with zero attached hydrogens (tertiary/aromatic N) is 1. The molecule has 1 heterocycles. The number of sulfonamides is 1. The molecule has 1 aliphatic heterocycles. The van der Waals surface area contributed by atoms with E-state index >= 15 is 0 Å². The Hall–Kier alpha value is -2.91. The highest BCUT2D eigenvalue weighted by atomic mass is 32.2. The fourth-order valence-electron chi connectivity index (χ4n) is 4.12. The van der Waals surface area contributed by atoms with Gasteiger partial charge in [-0.2, -0.15) is 4.31 Å². The van der Waals surface area contributed by atoms with Crippen LogP contribution in [0.5, 0.6) is 0 Å². The number of nitrogens with two attached hydrogens (primary N) is 1. The molecule has 3 amide bonds. The van der Waals surface area contributed by atoms with Gasteiger partial charge in [-0.25, -0.2) is 13.2 Å². The number of benzene rings is 2. The highest BCUT2D eigenvalue weighted by molar-refractivity contribution is 7.89. The van der Waals surface area contributed by atoms with Gasteiger partial charge in [-0.15, -0.1) is 0 Å². The van der Waals surface area contributed by atoms with Gasteiger partial charge in [0, 0.05) is 30.4 Å². The first-order valence-corrected chi connectivity index (χ1v) is 12.0. The van der Waals surface area contributed by atoms with Gasteiger partial charge in [0.25, 0.3) is 0 Å². The molecular formula is C23H30N4O4S. The number of aryl methyl sites for hydroxylation is 2. The molecule has 1 aliphatic rings.